The van der Waals surface area contributed by atoms with Crippen LogP contribution < -0.4 is 33.2 Å². The molecule has 0 bridgehead atoms. The van der Waals surface area contributed by atoms with Crippen molar-refractivity contribution in [1.82, 2.24) is 20.9 Å². The third-order valence-corrected chi connectivity index (χ3v) is 5.80. The van der Waals surface area contributed by atoms with E-state index in [1.807, 2.05) is 0 Å². The molecule has 1 heterocycles. The highest BCUT2D eigenvalue weighted by Gasteiger charge is 2.55. The van der Waals surface area contributed by atoms with Crippen LogP contribution in [0.3, 0.4) is 0 Å². The maximum Gasteiger partial charge on any atom is 0.351 e. The molecule has 3 atom stereocenters. The maximum absolute atomic E-state index is 13.3. The summed E-state index contributed by atoms with van der Waals surface area (Å²) in [5.41, 5.74) is 14.4. The van der Waals surface area contributed by atoms with Crippen molar-refractivity contribution in [3.8, 4) is 0 Å². The van der Waals surface area contributed by atoms with Crippen LogP contribution in [-0.2, 0) is 24.0 Å². The quantitative estimate of drug-likeness (QED) is 0.0528. The summed E-state index contributed by atoms with van der Waals surface area (Å²) in [6.07, 6.45) is 1.53. The zero-order chi connectivity index (χ0) is 26.8. The number of rotatable bonds is 15. The predicted octanol–water partition coefficient (Wildman–Crippen LogP) is -2.11. The molecule has 14 heteroatoms. The Morgan fingerprint density at radius 1 is 1.09 bits per heavy atom. The normalized spacial score (nSPS) is 17.0. The van der Waals surface area contributed by atoms with E-state index >= 15 is 0 Å². The number of imide groups is 1. The minimum atomic E-state index is -2.31. The molecule has 0 radical (unpaired) electrons. The first-order valence-corrected chi connectivity index (χ1v) is 11.6. The van der Waals surface area contributed by atoms with Gasteiger partial charge < -0.3 is 38.3 Å². The van der Waals surface area contributed by atoms with Crippen molar-refractivity contribution in [2.75, 3.05) is 13.1 Å². The van der Waals surface area contributed by atoms with Gasteiger partial charge in [0.2, 0.25) is 29.3 Å². The number of carbonyl (C=O) groups excluding carboxylic acids is 4. The lowest BCUT2D eigenvalue weighted by Crippen LogP contribution is -2.71. The van der Waals surface area contributed by atoms with E-state index in [9.17, 15) is 29.1 Å². The van der Waals surface area contributed by atoms with Gasteiger partial charge in [0.1, 0.15) is 6.04 Å². The van der Waals surface area contributed by atoms with Crippen molar-refractivity contribution in [3.63, 3.8) is 0 Å². The highest BCUT2D eigenvalue weighted by Crippen LogP contribution is 2.29. The van der Waals surface area contributed by atoms with E-state index in [2.05, 4.69) is 16.0 Å². The van der Waals surface area contributed by atoms with Gasteiger partial charge in [-0.25, -0.2) is 9.69 Å². The Morgan fingerprint density at radius 2 is 1.69 bits per heavy atom. The lowest BCUT2D eigenvalue weighted by atomic mass is 9.92. The molecule has 35 heavy (non-hydrogen) atoms. The summed E-state index contributed by atoms with van der Waals surface area (Å²) in [6, 6.07) is -2.13. The number of likely N-dealkylation sites (tertiary alicyclic amines) is 1. The highest BCUT2D eigenvalue weighted by atomic mass is 16.4. The molecular formula is C21H38N8O6. The van der Waals surface area contributed by atoms with Crippen LogP contribution in [0.1, 0.15) is 58.8 Å². The fourth-order valence-corrected chi connectivity index (χ4v) is 3.82. The van der Waals surface area contributed by atoms with Gasteiger partial charge in [-0.2, -0.15) is 0 Å². The second kappa shape index (κ2) is 13.6. The molecule has 0 saturated carbocycles. The van der Waals surface area contributed by atoms with E-state index in [1.165, 1.54) is 13.8 Å². The third kappa shape index (κ3) is 7.89. The average molecular weight is 499 g/mol. The standard InChI is InChI=1S/C21H38N8O6/c1-12(2)21(19(34)35,29-15(30)8-9-16(29)31)28-18(33)14(7-3-4-10-22)27-17(32)13(23)6-5-11-26-20(24)25/h12-14H,3-11,22-23H2,1-2H3,(H,27,32)(H,28,33)(H,34,35)(H4,24,25,26)/t13-,14-,21-/m0/s1. The number of carboxylic acids is 1. The topological polar surface area (TPSA) is 247 Å². The van der Waals surface area contributed by atoms with Crippen molar-refractivity contribution < 1.29 is 29.1 Å². The molecule has 0 aromatic carbocycles. The van der Waals surface area contributed by atoms with Crippen LogP contribution in [0.15, 0.2) is 0 Å². The Labute approximate surface area is 204 Å². The first kappa shape index (κ1) is 29.8. The highest BCUT2D eigenvalue weighted by molar-refractivity contribution is 6.07. The molecule has 0 aromatic rings. The molecule has 1 fully saturated rings. The summed E-state index contributed by atoms with van der Waals surface area (Å²) in [4.78, 5) is 63.7. The van der Waals surface area contributed by atoms with Crippen molar-refractivity contribution in [3.05, 3.63) is 0 Å². The SMILES string of the molecule is CC(C)[C@@](NC(=O)[C@H](CCCCN)NC(=O)[C@@H](N)CCCNC(=N)N)(C(=O)O)N1C(=O)CCC1=O. The lowest BCUT2D eigenvalue weighted by Gasteiger charge is -2.41. The first-order chi connectivity index (χ1) is 16.4. The van der Waals surface area contributed by atoms with Crippen molar-refractivity contribution >= 4 is 35.6 Å². The molecule has 4 amide bonds. The van der Waals surface area contributed by atoms with E-state index < -0.39 is 53.3 Å². The van der Waals surface area contributed by atoms with Crippen LogP contribution in [0.4, 0.5) is 0 Å². The Kier molecular flexibility index (Phi) is 11.6. The number of carbonyl (C=O) groups is 5. The van der Waals surface area contributed by atoms with Crippen LogP contribution in [0.2, 0.25) is 0 Å². The molecule has 14 nitrogen and oxygen atoms in total. The second-order valence-corrected chi connectivity index (χ2v) is 8.77. The van der Waals surface area contributed by atoms with Crippen LogP contribution in [0.25, 0.3) is 0 Å². The van der Waals surface area contributed by atoms with E-state index in [0.29, 0.717) is 37.3 Å². The van der Waals surface area contributed by atoms with Crippen molar-refractivity contribution in [2.45, 2.75) is 76.5 Å². The van der Waals surface area contributed by atoms with Gasteiger partial charge in [-0.05, 0) is 38.6 Å². The number of nitrogens with zero attached hydrogens (tertiary/aromatic N) is 1. The zero-order valence-corrected chi connectivity index (χ0v) is 20.3. The fourth-order valence-electron chi connectivity index (χ4n) is 3.82. The molecule has 1 aliphatic heterocycles. The number of carboxylic acid groups (broad SMARTS) is 1. The van der Waals surface area contributed by atoms with Crippen LogP contribution in [0, 0.1) is 11.3 Å². The Balaban J connectivity index is 3.08. The minimum Gasteiger partial charge on any atom is -0.478 e. The monoisotopic (exact) mass is 498 g/mol. The van der Waals surface area contributed by atoms with Gasteiger partial charge in [0, 0.05) is 25.3 Å². The summed E-state index contributed by atoms with van der Waals surface area (Å²) in [6.45, 7) is 3.64. The molecule has 1 aliphatic rings. The smallest absolute Gasteiger partial charge is 0.351 e. The van der Waals surface area contributed by atoms with E-state index in [0.717, 1.165) is 0 Å². The Hall–Kier alpha value is -3.26. The van der Waals surface area contributed by atoms with Crippen LogP contribution in [0.5, 0.6) is 0 Å². The fraction of sp³-hybridized carbons (Fsp3) is 0.714. The molecule has 0 aromatic heterocycles. The molecular weight excluding hydrogens is 460 g/mol. The van der Waals surface area contributed by atoms with Gasteiger partial charge in [0.05, 0.1) is 6.04 Å². The molecule has 0 spiro atoms. The largest absolute Gasteiger partial charge is 0.478 e. The number of nitrogens with one attached hydrogen (secondary N) is 4. The van der Waals surface area contributed by atoms with Gasteiger partial charge in [-0.15, -0.1) is 0 Å². The summed E-state index contributed by atoms with van der Waals surface area (Å²) < 4.78 is 0. The molecule has 198 valence electrons. The number of guanidine groups is 1. The van der Waals surface area contributed by atoms with Gasteiger partial charge in [0.15, 0.2) is 5.96 Å². The third-order valence-electron chi connectivity index (χ3n) is 5.80. The van der Waals surface area contributed by atoms with Gasteiger partial charge >= 0.3 is 5.97 Å². The van der Waals surface area contributed by atoms with E-state index in [-0.39, 0.29) is 31.6 Å². The summed E-state index contributed by atoms with van der Waals surface area (Å²) in [7, 11) is 0. The Bertz CT molecular complexity index is 804. The maximum atomic E-state index is 13.3. The summed E-state index contributed by atoms with van der Waals surface area (Å²) in [5.74, 6) is -5.52. The number of unbranched alkanes of at least 4 members (excludes halogenated alkanes) is 1. The zero-order valence-electron chi connectivity index (χ0n) is 20.3. The van der Waals surface area contributed by atoms with E-state index in [4.69, 9.17) is 22.6 Å². The number of nitrogens with two attached hydrogens (primary N) is 3. The van der Waals surface area contributed by atoms with Gasteiger partial charge in [-0.3, -0.25) is 24.6 Å². The van der Waals surface area contributed by atoms with Gasteiger partial charge in [0.25, 0.3) is 0 Å². The number of amides is 4. The van der Waals surface area contributed by atoms with Crippen LogP contribution in [-0.4, -0.2) is 76.4 Å². The first-order valence-electron chi connectivity index (χ1n) is 11.6. The molecule has 0 unspecified atom stereocenters. The molecule has 11 N–H and O–H groups in total. The van der Waals surface area contributed by atoms with Gasteiger partial charge in [-0.1, -0.05) is 13.8 Å². The summed E-state index contributed by atoms with van der Waals surface area (Å²) >= 11 is 0. The average Bonchev–Trinajstić information content (AvgIpc) is 3.11. The second-order valence-electron chi connectivity index (χ2n) is 8.77. The van der Waals surface area contributed by atoms with Crippen LogP contribution >= 0.6 is 0 Å². The van der Waals surface area contributed by atoms with Crippen molar-refractivity contribution in [1.29, 1.82) is 5.41 Å². The number of hydrogen-bond donors (Lipinski definition) is 8. The molecule has 0 aliphatic carbocycles. The Morgan fingerprint density at radius 3 is 2.17 bits per heavy atom. The van der Waals surface area contributed by atoms with Crippen molar-refractivity contribution in [2.24, 2.45) is 23.1 Å². The molecule has 1 saturated heterocycles. The summed E-state index contributed by atoms with van der Waals surface area (Å²) in [5, 5.41) is 24.7. The number of aliphatic carboxylic acids is 1. The van der Waals surface area contributed by atoms with E-state index in [1.54, 1.807) is 0 Å². The minimum absolute atomic E-state index is 0.142. The number of hydrogen-bond acceptors (Lipinski definition) is 8. The molecule has 1 rings (SSSR count). The lowest BCUT2D eigenvalue weighted by molar-refractivity contribution is -0.171. The predicted molar refractivity (Wildman–Crippen MR) is 126 cm³/mol.